The van der Waals surface area contributed by atoms with Gasteiger partial charge in [-0.05, 0) is 32.4 Å². The summed E-state index contributed by atoms with van der Waals surface area (Å²) in [6, 6.07) is 6.98. The second kappa shape index (κ2) is 6.92. The van der Waals surface area contributed by atoms with E-state index in [-0.39, 0.29) is 0 Å². The van der Waals surface area contributed by atoms with Crippen molar-refractivity contribution in [1.82, 2.24) is 10.2 Å². The maximum absolute atomic E-state index is 5.56. The molecule has 1 aliphatic rings. The first kappa shape index (κ1) is 14.4. The summed E-state index contributed by atoms with van der Waals surface area (Å²) in [5.74, 6) is 1.02. The van der Waals surface area contributed by atoms with Crippen LogP contribution in [-0.2, 0) is 0 Å². The zero-order valence-electron chi connectivity index (χ0n) is 12.4. The molecule has 2 rings (SSSR count). The molecule has 1 aromatic carbocycles. The topological polar surface area (TPSA) is 24.5 Å². The van der Waals surface area contributed by atoms with Gasteiger partial charge in [0, 0.05) is 31.2 Å². The first-order valence-corrected chi connectivity index (χ1v) is 7.35. The van der Waals surface area contributed by atoms with Crippen molar-refractivity contribution in [3.8, 4) is 5.75 Å². The fourth-order valence-electron chi connectivity index (χ4n) is 2.97. The van der Waals surface area contributed by atoms with E-state index in [9.17, 15) is 0 Å². The number of nitrogens with zero attached hydrogens (tertiary/aromatic N) is 1. The van der Waals surface area contributed by atoms with Crippen molar-refractivity contribution in [2.24, 2.45) is 0 Å². The lowest BCUT2D eigenvalue weighted by molar-refractivity contribution is 0.201. The normalized spacial score (nSPS) is 18.9. The molecule has 0 saturated carbocycles. The molecule has 0 amide bonds. The zero-order chi connectivity index (χ0) is 13.7. The van der Waals surface area contributed by atoms with Crippen LogP contribution < -0.4 is 10.1 Å². The molecule has 0 spiro atoms. The van der Waals surface area contributed by atoms with E-state index in [1.807, 2.05) is 0 Å². The van der Waals surface area contributed by atoms with Gasteiger partial charge < -0.3 is 10.1 Å². The van der Waals surface area contributed by atoms with Gasteiger partial charge in [-0.15, -0.1) is 0 Å². The monoisotopic (exact) mass is 262 g/mol. The minimum Gasteiger partial charge on any atom is -0.496 e. The van der Waals surface area contributed by atoms with Gasteiger partial charge in [0.25, 0.3) is 0 Å². The molecular weight excluding hydrogens is 236 g/mol. The van der Waals surface area contributed by atoms with Crippen LogP contribution in [0.3, 0.4) is 0 Å². The second-order valence-corrected chi connectivity index (χ2v) is 5.31. The summed E-state index contributed by atoms with van der Waals surface area (Å²) in [5, 5.41) is 3.47. The van der Waals surface area contributed by atoms with Crippen LogP contribution in [0.5, 0.6) is 5.75 Å². The molecule has 0 radical (unpaired) electrons. The molecule has 1 aromatic rings. The number of hydrogen-bond donors (Lipinski definition) is 1. The Labute approximate surface area is 116 Å². The molecule has 0 aliphatic carbocycles. The van der Waals surface area contributed by atoms with Crippen LogP contribution >= 0.6 is 0 Å². The highest BCUT2D eigenvalue weighted by molar-refractivity contribution is 5.39. The van der Waals surface area contributed by atoms with E-state index in [1.54, 1.807) is 7.11 Å². The predicted octanol–water partition coefficient (Wildman–Crippen LogP) is 2.75. The fraction of sp³-hybridized carbons (Fsp3) is 0.625. The van der Waals surface area contributed by atoms with Crippen LogP contribution in [-0.4, -0.2) is 38.2 Å². The van der Waals surface area contributed by atoms with E-state index < -0.39 is 0 Å². The molecule has 1 aliphatic heterocycles. The number of ether oxygens (including phenoxy) is 1. The lowest BCUT2D eigenvalue weighted by Crippen LogP contribution is -2.32. The van der Waals surface area contributed by atoms with Crippen molar-refractivity contribution in [3.63, 3.8) is 0 Å². The number of benzene rings is 1. The highest BCUT2D eigenvalue weighted by Crippen LogP contribution is 2.32. The second-order valence-electron chi connectivity index (χ2n) is 5.31. The number of rotatable bonds is 4. The first-order chi connectivity index (χ1) is 9.26. The van der Waals surface area contributed by atoms with E-state index in [4.69, 9.17) is 4.74 Å². The third-order valence-electron chi connectivity index (χ3n) is 3.95. The largest absolute Gasteiger partial charge is 0.496 e. The van der Waals surface area contributed by atoms with Gasteiger partial charge in [0.15, 0.2) is 0 Å². The van der Waals surface area contributed by atoms with Crippen molar-refractivity contribution < 1.29 is 4.74 Å². The SMILES string of the molecule is CCC(c1cc(C)ccc1OC)N1CCCNCC1. The Hall–Kier alpha value is -1.06. The van der Waals surface area contributed by atoms with E-state index >= 15 is 0 Å². The number of methoxy groups -OCH3 is 1. The van der Waals surface area contributed by atoms with Crippen molar-refractivity contribution in [2.75, 3.05) is 33.3 Å². The van der Waals surface area contributed by atoms with Gasteiger partial charge in [-0.25, -0.2) is 0 Å². The van der Waals surface area contributed by atoms with E-state index in [0.717, 1.165) is 31.8 Å². The lowest BCUT2D eigenvalue weighted by atomic mass is 9.99. The average molecular weight is 262 g/mol. The van der Waals surface area contributed by atoms with E-state index in [0.29, 0.717) is 6.04 Å². The maximum atomic E-state index is 5.56. The van der Waals surface area contributed by atoms with Crippen LogP contribution in [0.1, 0.15) is 36.9 Å². The molecule has 1 atom stereocenters. The molecule has 106 valence electrons. The third kappa shape index (κ3) is 3.48. The smallest absolute Gasteiger partial charge is 0.123 e. The summed E-state index contributed by atoms with van der Waals surface area (Å²) in [7, 11) is 1.77. The van der Waals surface area contributed by atoms with Crippen molar-refractivity contribution >= 4 is 0 Å². The van der Waals surface area contributed by atoms with Crippen LogP contribution in [0, 0.1) is 6.92 Å². The zero-order valence-corrected chi connectivity index (χ0v) is 12.4. The number of nitrogens with one attached hydrogen (secondary N) is 1. The summed E-state index contributed by atoms with van der Waals surface area (Å²) < 4.78 is 5.56. The van der Waals surface area contributed by atoms with Crippen LogP contribution in [0.4, 0.5) is 0 Å². The molecule has 1 unspecified atom stereocenters. The molecule has 19 heavy (non-hydrogen) atoms. The van der Waals surface area contributed by atoms with Crippen LogP contribution in [0.15, 0.2) is 18.2 Å². The summed E-state index contributed by atoms with van der Waals surface area (Å²) >= 11 is 0. The third-order valence-corrected chi connectivity index (χ3v) is 3.95. The highest BCUT2D eigenvalue weighted by Gasteiger charge is 2.22. The highest BCUT2D eigenvalue weighted by atomic mass is 16.5. The minimum absolute atomic E-state index is 0.467. The van der Waals surface area contributed by atoms with Crippen LogP contribution in [0.2, 0.25) is 0 Å². The van der Waals surface area contributed by atoms with Crippen molar-refractivity contribution in [2.45, 2.75) is 32.7 Å². The quantitative estimate of drug-likeness (QED) is 0.903. The summed E-state index contributed by atoms with van der Waals surface area (Å²) in [4.78, 5) is 2.59. The summed E-state index contributed by atoms with van der Waals surface area (Å²) in [6.45, 7) is 8.94. The van der Waals surface area contributed by atoms with E-state index in [1.165, 1.54) is 24.1 Å². The lowest BCUT2D eigenvalue weighted by Gasteiger charge is -2.31. The van der Waals surface area contributed by atoms with Gasteiger partial charge in [-0.2, -0.15) is 0 Å². The molecular formula is C16H26N2O. The van der Waals surface area contributed by atoms with Gasteiger partial charge >= 0.3 is 0 Å². The van der Waals surface area contributed by atoms with Crippen molar-refractivity contribution in [3.05, 3.63) is 29.3 Å². The Morgan fingerprint density at radius 3 is 2.89 bits per heavy atom. The summed E-state index contributed by atoms with van der Waals surface area (Å²) in [6.07, 6.45) is 2.35. The number of hydrogen-bond acceptors (Lipinski definition) is 3. The van der Waals surface area contributed by atoms with Gasteiger partial charge in [-0.1, -0.05) is 24.6 Å². The molecule has 3 heteroatoms. The van der Waals surface area contributed by atoms with Gasteiger partial charge in [0.1, 0.15) is 5.75 Å². The first-order valence-electron chi connectivity index (χ1n) is 7.35. The van der Waals surface area contributed by atoms with Crippen LogP contribution in [0.25, 0.3) is 0 Å². The fourth-order valence-corrected chi connectivity index (χ4v) is 2.97. The molecule has 0 bridgehead atoms. The Kier molecular flexibility index (Phi) is 5.23. The average Bonchev–Trinajstić information content (AvgIpc) is 2.69. The molecule has 0 aromatic heterocycles. The molecule has 1 fully saturated rings. The van der Waals surface area contributed by atoms with Gasteiger partial charge in [0.05, 0.1) is 7.11 Å². The molecule has 3 nitrogen and oxygen atoms in total. The standard InChI is InChI=1S/C16H26N2O/c1-4-15(18-10-5-8-17-9-11-18)14-12-13(2)6-7-16(14)19-3/h6-7,12,15,17H,4-5,8-11H2,1-3H3. The number of aryl methyl sites for hydroxylation is 1. The Morgan fingerprint density at radius 2 is 2.16 bits per heavy atom. The Balaban J connectivity index is 2.26. The van der Waals surface area contributed by atoms with Gasteiger partial charge in [0.2, 0.25) is 0 Å². The minimum atomic E-state index is 0.467. The Bertz CT molecular complexity index is 398. The predicted molar refractivity (Wildman–Crippen MR) is 79.8 cm³/mol. The Morgan fingerprint density at radius 1 is 1.32 bits per heavy atom. The van der Waals surface area contributed by atoms with Crippen molar-refractivity contribution in [1.29, 1.82) is 0 Å². The van der Waals surface area contributed by atoms with E-state index in [2.05, 4.69) is 42.3 Å². The molecule has 1 N–H and O–H groups in total. The maximum Gasteiger partial charge on any atom is 0.123 e. The molecule has 1 heterocycles. The summed E-state index contributed by atoms with van der Waals surface area (Å²) in [5.41, 5.74) is 2.65. The molecule has 1 saturated heterocycles. The van der Waals surface area contributed by atoms with Gasteiger partial charge in [-0.3, -0.25) is 4.90 Å².